The number of thiazole rings is 1. The number of thioether (sulfide) groups is 1. The first kappa shape index (κ1) is 20.3. The molecule has 0 saturated heterocycles. The Morgan fingerprint density at radius 1 is 1.17 bits per heavy atom. The Kier molecular flexibility index (Phi) is 5.96. The van der Waals surface area contributed by atoms with Crippen molar-refractivity contribution >= 4 is 40.0 Å². The number of fused-ring (bicyclic) bond motifs is 1. The molecule has 0 saturated carbocycles. The summed E-state index contributed by atoms with van der Waals surface area (Å²) in [6.45, 7) is 2.08. The van der Waals surface area contributed by atoms with Crippen LogP contribution in [0.5, 0.6) is 0 Å². The molecule has 0 aliphatic rings. The fourth-order valence-corrected chi connectivity index (χ4v) is 4.78. The predicted octanol–water partition coefficient (Wildman–Crippen LogP) is 4.48. The van der Waals surface area contributed by atoms with Crippen molar-refractivity contribution in [3.63, 3.8) is 0 Å². The van der Waals surface area contributed by atoms with Crippen molar-refractivity contribution in [2.24, 2.45) is 0 Å². The lowest BCUT2D eigenvalue weighted by molar-refractivity contribution is 0.0601. The van der Waals surface area contributed by atoms with Gasteiger partial charge in [-0.2, -0.15) is 0 Å². The summed E-state index contributed by atoms with van der Waals surface area (Å²) in [6, 6.07) is 14.2. The third-order valence-electron chi connectivity index (χ3n) is 4.53. The van der Waals surface area contributed by atoms with Crippen LogP contribution in [0.25, 0.3) is 16.6 Å². The van der Waals surface area contributed by atoms with Crippen LogP contribution in [0.2, 0.25) is 0 Å². The molecule has 2 aromatic carbocycles. The van der Waals surface area contributed by atoms with E-state index >= 15 is 0 Å². The number of aromatic nitrogens is 3. The van der Waals surface area contributed by atoms with E-state index < -0.39 is 5.97 Å². The van der Waals surface area contributed by atoms with Crippen LogP contribution >= 0.6 is 23.1 Å². The van der Waals surface area contributed by atoms with Crippen molar-refractivity contribution < 1.29 is 9.53 Å². The van der Waals surface area contributed by atoms with Crippen LogP contribution in [0.15, 0.2) is 63.9 Å². The second kappa shape index (κ2) is 8.81. The van der Waals surface area contributed by atoms with Gasteiger partial charge in [0.1, 0.15) is 0 Å². The Morgan fingerprint density at radius 3 is 2.67 bits per heavy atom. The lowest BCUT2D eigenvalue weighted by Crippen LogP contribution is -2.22. The molecule has 30 heavy (non-hydrogen) atoms. The van der Waals surface area contributed by atoms with Gasteiger partial charge in [-0.15, -0.1) is 11.3 Å². The van der Waals surface area contributed by atoms with Crippen LogP contribution in [0.3, 0.4) is 0 Å². The van der Waals surface area contributed by atoms with Crippen molar-refractivity contribution in [2.75, 3.05) is 7.11 Å². The lowest BCUT2D eigenvalue weighted by Gasteiger charge is -2.13. The maximum atomic E-state index is 13.3. The molecule has 2 aromatic heterocycles. The summed E-state index contributed by atoms with van der Waals surface area (Å²) in [5.41, 5.74) is 2.34. The number of esters is 1. The van der Waals surface area contributed by atoms with Crippen LogP contribution in [0.1, 0.15) is 28.0 Å². The predicted molar refractivity (Wildman–Crippen MR) is 120 cm³/mol. The third-order valence-corrected chi connectivity index (χ3v) is 6.54. The fraction of sp³-hybridized carbons (Fsp3) is 0.182. The molecule has 0 spiro atoms. The first-order chi connectivity index (χ1) is 14.6. The minimum Gasteiger partial charge on any atom is -0.465 e. The number of ether oxygens (including phenoxy) is 1. The van der Waals surface area contributed by atoms with Gasteiger partial charge in [0.15, 0.2) is 5.16 Å². The molecule has 8 heteroatoms. The van der Waals surface area contributed by atoms with Crippen molar-refractivity contribution in [2.45, 2.75) is 24.3 Å². The summed E-state index contributed by atoms with van der Waals surface area (Å²) in [6.07, 6.45) is 0.897. The Bertz CT molecular complexity index is 1270. The minimum atomic E-state index is -0.463. The summed E-state index contributed by atoms with van der Waals surface area (Å²) in [5, 5.41) is 4.11. The molecule has 152 valence electrons. The van der Waals surface area contributed by atoms with E-state index in [0.29, 0.717) is 27.4 Å². The van der Waals surface area contributed by atoms with E-state index in [-0.39, 0.29) is 5.56 Å². The molecule has 0 bridgehead atoms. The summed E-state index contributed by atoms with van der Waals surface area (Å²) < 4.78 is 6.40. The van der Waals surface area contributed by atoms with Gasteiger partial charge in [0.05, 0.1) is 40.0 Å². The van der Waals surface area contributed by atoms with Crippen LogP contribution < -0.4 is 5.56 Å². The van der Waals surface area contributed by atoms with Crippen molar-refractivity contribution in [1.29, 1.82) is 0 Å². The van der Waals surface area contributed by atoms with E-state index in [9.17, 15) is 9.59 Å². The van der Waals surface area contributed by atoms with E-state index in [2.05, 4.69) is 11.9 Å². The van der Waals surface area contributed by atoms with E-state index in [4.69, 9.17) is 9.72 Å². The van der Waals surface area contributed by atoms with Gasteiger partial charge in [-0.25, -0.2) is 14.8 Å². The van der Waals surface area contributed by atoms with Crippen LogP contribution in [-0.2, 0) is 16.9 Å². The standard InChI is InChI=1S/C22H19N3O3S2/c1-3-19-23-15(12-29-19)13-30-22-24-18-11-14(21(27)28-2)9-10-17(18)20(26)25(22)16-7-5-4-6-8-16/h4-12H,3,13H2,1-2H3. The smallest absolute Gasteiger partial charge is 0.337 e. The molecule has 0 radical (unpaired) electrons. The third kappa shape index (κ3) is 4.01. The van der Waals surface area contributed by atoms with Crippen LogP contribution in [-0.4, -0.2) is 27.6 Å². The zero-order valence-electron chi connectivity index (χ0n) is 16.5. The normalized spacial score (nSPS) is 11.0. The number of nitrogens with zero attached hydrogens (tertiary/aromatic N) is 3. The van der Waals surface area contributed by atoms with Gasteiger partial charge >= 0.3 is 5.97 Å². The quantitative estimate of drug-likeness (QED) is 0.251. The first-order valence-corrected chi connectivity index (χ1v) is 11.2. The van der Waals surface area contributed by atoms with E-state index in [0.717, 1.165) is 22.8 Å². The summed E-state index contributed by atoms with van der Waals surface area (Å²) >= 11 is 3.08. The molecule has 2 heterocycles. The van der Waals surface area contributed by atoms with Crippen LogP contribution in [0.4, 0.5) is 0 Å². The molecule has 0 atom stereocenters. The first-order valence-electron chi connectivity index (χ1n) is 9.37. The fourth-order valence-electron chi connectivity index (χ4n) is 3.03. The molecule has 0 N–H and O–H groups in total. The zero-order chi connectivity index (χ0) is 21.1. The van der Waals surface area contributed by atoms with E-state index in [1.807, 2.05) is 35.7 Å². The molecule has 0 aliphatic heterocycles. The highest BCUT2D eigenvalue weighted by Gasteiger charge is 2.16. The summed E-state index contributed by atoms with van der Waals surface area (Å²) in [4.78, 5) is 34.6. The summed E-state index contributed by atoms with van der Waals surface area (Å²) in [7, 11) is 1.33. The number of hydrogen-bond donors (Lipinski definition) is 0. The number of rotatable bonds is 6. The molecule has 4 aromatic rings. The van der Waals surface area contributed by atoms with Crippen LogP contribution in [0, 0.1) is 0 Å². The lowest BCUT2D eigenvalue weighted by atomic mass is 10.1. The molecule has 0 amide bonds. The van der Waals surface area contributed by atoms with Gasteiger partial charge < -0.3 is 4.74 Å². The number of carbonyl (C=O) groups is 1. The SMILES string of the molecule is CCc1nc(CSc2nc3cc(C(=O)OC)ccc3c(=O)n2-c2ccccc2)cs1. The Morgan fingerprint density at radius 2 is 1.97 bits per heavy atom. The van der Waals surface area contributed by atoms with Crippen molar-refractivity contribution in [3.8, 4) is 5.69 Å². The maximum absolute atomic E-state index is 13.3. The van der Waals surface area contributed by atoms with Gasteiger partial charge in [0.25, 0.3) is 5.56 Å². The van der Waals surface area contributed by atoms with Gasteiger partial charge in [0.2, 0.25) is 0 Å². The van der Waals surface area contributed by atoms with Crippen molar-refractivity contribution in [1.82, 2.24) is 14.5 Å². The largest absolute Gasteiger partial charge is 0.465 e. The minimum absolute atomic E-state index is 0.183. The summed E-state index contributed by atoms with van der Waals surface area (Å²) in [5.74, 6) is 0.132. The highest BCUT2D eigenvalue weighted by molar-refractivity contribution is 7.98. The number of benzene rings is 2. The van der Waals surface area contributed by atoms with Gasteiger partial charge in [-0.1, -0.05) is 36.9 Å². The second-order valence-corrected chi connectivity index (χ2v) is 8.35. The molecular weight excluding hydrogens is 418 g/mol. The van der Waals surface area contributed by atoms with E-state index in [1.165, 1.54) is 18.9 Å². The van der Waals surface area contributed by atoms with E-state index in [1.54, 1.807) is 34.1 Å². The average Bonchev–Trinajstić information content (AvgIpc) is 3.25. The second-order valence-electron chi connectivity index (χ2n) is 6.47. The molecule has 0 aliphatic carbocycles. The topological polar surface area (TPSA) is 74.1 Å². The molecule has 6 nitrogen and oxygen atoms in total. The Hall–Kier alpha value is -2.97. The Labute approximate surface area is 181 Å². The van der Waals surface area contributed by atoms with Crippen molar-refractivity contribution in [3.05, 3.63) is 80.5 Å². The molecule has 4 rings (SSSR count). The monoisotopic (exact) mass is 437 g/mol. The highest BCUT2D eigenvalue weighted by Crippen LogP contribution is 2.26. The average molecular weight is 438 g/mol. The molecular formula is C22H19N3O3S2. The molecule has 0 unspecified atom stereocenters. The zero-order valence-corrected chi connectivity index (χ0v) is 18.1. The van der Waals surface area contributed by atoms with Gasteiger partial charge in [0, 0.05) is 11.1 Å². The number of carbonyl (C=O) groups excluding carboxylic acids is 1. The van der Waals surface area contributed by atoms with Gasteiger partial charge in [-0.3, -0.25) is 9.36 Å². The van der Waals surface area contributed by atoms with Gasteiger partial charge in [-0.05, 0) is 36.8 Å². The Balaban J connectivity index is 1.83. The number of aryl methyl sites for hydroxylation is 1. The number of methoxy groups -OCH3 is 1. The number of hydrogen-bond acceptors (Lipinski definition) is 7. The maximum Gasteiger partial charge on any atom is 0.337 e. The molecule has 0 fully saturated rings. The number of para-hydroxylation sites is 1. The highest BCUT2D eigenvalue weighted by atomic mass is 32.2.